The summed E-state index contributed by atoms with van der Waals surface area (Å²) in [7, 11) is 0. The van der Waals surface area contributed by atoms with Crippen LogP contribution in [0.5, 0.6) is 0 Å². The van der Waals surface area contributed by atoms with E-state index in [0.717, 1.165) is 37.7 Å². The van der Waals surface area contributed by atoms with E-state index in [1.54, 1.807) is 0 Å². The molecule has 0 aromatic heterocycles. The van der Waals surface area contributed by atoms with Gasteiger partial charge in [0.1, 0.15) is 0 Å². The summed E-state index contributed by atoms with van der Waals surface area (Å²) in [6.07, 6.45) is 12.2. The maximum absolute atomic E-state index is 12.7. The van der Waals surface area contributed by atoms with Gasteiger partial charge in [-0.2, -0.15) is 0 Å². The van der Waals surface area contributed by atoms with E-state index in [2.05, 4.69) is 28.8 Å². The van der Waals surface area contributed by atoms with E-state index in [-0.39, 0.29) is 23.3 Å². The molecule has 4 saturated carbocycles. The normalized spacial score (nSPS) is 24.6. The molecule has 0 heterocycles. The summed E-state index contributed by atoms with van der Waals surface area (Å²) in [5.74, 6) is 1.20. The first-order valence-corrected chi connectivity index (χ1v) is 11.2. The zero-order valence-electron chi connectivity index (χ0n) is 16.8. The van der Waals surface area contributed by atoms with Crippen molar-refractivity contribution in [3.63, 3.8) is 0 Å². The predicted molar refractivity (Wildman–Crippen MR) is 109 cm³/mol. The Bertz CT molecular complexity index is 767. The molecule has 0 saturated heterocycles. The second kappa shape index (κ2) is 6.89. The highest BCUT2D eigenvalue weighted by Crippen LogP contribution is 2.58. The van der Waals surface area contributed by atoms with Crippen molar-refractivity contribution in [1.29, 1.82) is 0 Å². The Balaban J connectivity index is 1.11. The Hall–Kier alpha value is -1.84. The zero-order chi connectivity index (χ0) is 19.2. The molecule has 4 aliphatic rings. The van der Waals surface area contributed by atoms with Gasteiger partial charge in [0.25, 0.3) is 0 Å². The van der Waals surface area contributed by atoms with E-state index in [1.165, 1.54) is 37.7 Å². The quantitative estimate of drug-likeness (QED) is 0.755. The smallest absolute Gasteiger partial charge is 0.224 e. The van der Waals surface area contributed by atoms with E-state index >= 15 is 0 Å². The van der Waals surface area contributed by atoms with Crippen LogP contribution in [0.15, 0.2) is 24.3 Å². The fourth-order valence-corrected chi connectivity index (χ4v) is 5.51. The summed E-state index contributed by atoms with van der Waals surface area (Å²) >= 11 is 0. The lowest BCUT2D eigenvalue weighted by molar-refractivity contribution is -0.137. The lowest BCUT2D eigenvalue weighted by atomic mass is 9.51. The van der Waals surface area contributed by atoms with Crippen LogP contribution < -0.4 is 10.6 Å². The van der Waals surface area contributed by atoms with E-state index in [0.29, 0.717) is 24.3 Å². The molecule has 4 heteroatoms. The molecule has 1 aromatic carbocycles. The molecule has 2 N–H and O–H groups in total. The second-order valence-corrected chi connectivity index (χ2v) is 10.1. The molecule has 4 aliphatic carbocycles. The minimum Gasteiger partial charge on any atom is -0.354 e. The van der Waals surface area contributed by atoms with E-state index in [9.17, 15) is 9.59 Å². The van der Waals surface area contributed by atoms with Crippen molar-refractivity contribution in [3.05, 3.63) is 35.4 Å². The minimum atomic E-state index is -0.223. The lowest BCUT2D eigenvalue weighted by Gasteiger charge is -2.53. The van der Waals surface area contributed by atoms with E-state index < -0.39 is 0 Å². The van der Waals surface area contributed by atoms with Crippen molar-refractivity contribution in [1.82, 2.24) is 10.6 Å². The fraction of sp³-hybridized carbons (Fsp3) is 0.667. The summed E-state index contributed by atoms with van der Waals surface area (Å²) in [4.78, 5) is 25.2. The Morgan fingerprint density at radius 2 is 1.79 bits per heavy atom. The topological polar surface area (TPSA) is 58.2 Å². The van der Waals surface area contributed by atoms with Gasteiger partial charge in [0.15, 0.2) is 0 Å². The number of amides is 2. The molecule has 2 amide bonds. The molecule has 0 aliphatic heterocycles. The van der Waals surface area contributed by atoms with Crippen LogP contribution >= 0.6 is 0 Å². The van der Waals surface area contributed by atoms with Gasteiger partial charge in [-0.05, 0) is 80.2 Å². The average Bonchev–Trinajstić information content (AvgIpc) is 3.40. The summed E-state index contributed by atoms with van der Waals surface area (Å²) < 4.78 is 0. The van der Waals surface area contributed by atoms with Crippen LogP contribution in [0.4, 0.5) is 0 Å². The third-order valence-electron chi connectivity index (χ3n) is 7.82. The molecule has 1 aromatic rings. The molecule has 1 spiro atoms. The molecule has 28 heavy (non-hydrogen) atoms. The number of rotatable bonds is 7. The van der Waals surface area contributed by atoms with Crippen LogP contribution in [-0.4, -0.2) is 23.9 Å². The van der Waals surface area contributed by atoms with Gasteiger partial charge in [-0.15, -0.1) is 0 Å². The Morgan fingerprint density at radius 1 is 1.04 bits per heavy atom. The van der Waals surface area contributed by atoms with Crippen LogP contribution in [0.2, 0.25) is 0 Å². The largest absolute Gasteiger partial charge is 0.354 e. The SMILES string of the molecule is O=C(Cc1cccc(C2CC2)c1)NC1(CNC(=O)C2CC3(CCC3)C2)CCC1. The Kier molecular flexibility index (Phi) is 4.48. The number of carbonyl (C=O) groups is 2. The molecule has 0 radical (unpaired) electrons. The molecule has 4 nitrogen and oxygen atoms in total. The Morgan fingerprint density at radius 3 is 2.39 bits per heavy atom. The number of hydrogen-bond acceptors (Lipinski definition) is 2. The first-order chi connectivity index (χ1) is 13.5. The average molecular weight is 381 g/mol. The third-order valence-corrected chi connectivity index (χ3v) is 7.82. The standard InChI is InChI=1S/C24H32N2O2/c27-21(13-17-4-1-5-19(12-17)18-6-7-18)26-24(10-3-11-24)16-25-22(28)20-14-23(15-20)8-2-9-23/h1,4-5,12,18,20H,2-3,6-11,13-16H2,(H,25,28)(H,26,27). The van der Waals surface area contributed by atoms with Crippen molar-refractivity contribution < 1.29 is 9.59 Å². The summed E-state index contributed by atoms with van der Waals surface area (Å²) in [6.45, 7) is 0.586. The third kappa shape index (κ3) is 3.58. The predicted octanol–water partition coefficient (Wildman–Crippen LogP) is 3.84. The summed E-state index contributed by atoms with van der Waals surface area (Å²) in [5.41, 5.74) is 2.78. The fourth-order valence-electron chi connectivity index (χ4n) is 5.51. The minimum absolute atomic E-state index is 0.0824. The number of hydrogen-bond donors (Lipinski definition) is 2. The van der Waals surface area contributed by atoms with Gasteiger partial charge in [-0.3, -0.25) is 9.59 Å². The molecular weight excluding hydrogens is 348 g/mol. The highest BCUT2D eigenvalue weighted by molar-refractivity contribution is 5.81. The molecular formula is C24H32N2O2. The number of carbonyl (C=O) groups excluding carboxylic acids is 2. The summed E-state index contributed by atoms with van der Waals surface area (Å²) in [5, 5.41) is 6.42. The van der Waals surface area contributed by atoms with Crippen molar-refractivity contribution in [3.8, 4) is 0 Å². The number of benzene rings is 1. The van der Waals surface area contributed by atoms with Crippen LogP contribution in [0.1, 0.15) is 81.3 Å². The van der Waals surface area contributed by atoms with Gasteiger partial charge in [0, 0.05) is 12.5 Å². The first-order valence-electron chi connectivity index (χ1n) is 11.2. The van der Waals surface area contributed by atoms with Crippen molar-refractivity contribution in [2.75, 3.05) is 6.54 Å². The molecule has 0 unspecified atom stereocenters. The zero-order valence-corrected chi connectivity index (χ0v) is 16.8. The monoisotopic (exact) mass is 380 g/mol. The summed E-state index contributed by atoms with van der Waals surface area (Å²) in [6, 6.07) is 8.49. The van der Waals surface area contributed by atoms with E-state index in [4.69, 9.17) is 0 Å². The number of nitrogens with one attached hydrogen (secondary N) is 2. The van der Waals surface area contributed by atoms with Gasteiger partial charge in [-0.25, -0.2) is 0 Å². The molecule has 5 rings (SSSR count). The maximum Gasteiger partial charge on any atom is 0.224 e. The van der Waals surface area contributed by atoms with Crippen LogP contribution in [0.3, 0.4) is 0 Å². The molecule has 150 valence electrons. The first kappa shape index (κ1) is 18.2. The maximum atomic E-state index is 12.7. The Labute approximate surface area is 167 Å². The van der Waals surface area contributed by atoms with Crippen LogP contribution in [0, 0.1) is 11.3 Å². The molecule has 0 atom stereocenters. The molecule has 0 bridgehead atoms. The van der Waals surface area contributed by atoms with Gasteiger partial charge in [0.2, 0.25) is 11.8 Å². The second-order valence-electron chi connectivity index (χ2n) is 10.1. The van der Waals surface area contributed by atoms with Gasteiger partial charge >= 0.3 is 0 Å². The van der Waals surface area contributed by atoms with Gasteiger partial charge in [-0.1, -0.05) is 30.7 Å². The highest BCUT2D eigenvalue weighted by Gasteiger charge is 2.50. The van der Waals surface area contributed by atoms with Crippen molar-refractivity contribution in [2.45, 2.75) is 82.1 Å². The van der Waals surface area contributed by atoms with E-state index in [1.807, 2.05) is 6.07 Å². The van der Waals surface area contributed by atoms with Gasteiger partial charge < -0.3 is 10.6 Å². The van der Waals surface area contributed by atoms with Crippen LogP contribution in [0.25, 0.3) is 0 Å². The van der Waals surface area contributed by atoms with Gasteiger partial charge in [0.05, 0.1) is 12.0 Å². The lowest BCUT2D eigenvalue weighted by Crippen LogP contribution is -2.61. The van der Waals surface area contributed by atoms with Crippen LogP contribution in [-0.2, 0) is 16.0 Å². The van der Waals surface area contributed by atoms with Crippen molar-refractivity contribution >= 4 is 11.8 Å². The molecule has 4 fully saturated rings. The van der Waals surface area contributed by atoms with Crippen molar-refractivity contribution in [2.24, 2.45) is 11.3 Å². The highest BCUT2D eigenvalue weighted by atomic mass is 16.2.